The van der Waals surface area contributed by atoms with Crippen molar-refractivity contribution in [1.82, 2.24) is 4.98 Å². The topological polar surface area (TPSA) is 68.0 Å². The fraction of sp³-hybridized carbons (Fsp3) is 0.333. The highest BCUT2D eigenvalue weighted by molar-refractivity contribution is 8.01. The van der Waals surface area contributed by atoms with Crippen molar-refractivity contribution < 1.29 is 4.79 Å². The van der Waals surface area contributed by atoms with Crippen LogP contribution >= 0.6 is 58.9 Å². The second-order valence-corrected chi connectivity index (χ2v) is 8.42. The number of hydrogen-bond donors (Lipinski definition) is 2. The minimum absolute atomic E-state index is 0. The van der Waals surface area contributed by atoms with Gasteiger partial charge in [-0.3, -0.25) is 4.79 Å². The van der Waals surface area contributed by atoms with Gasteiger partial charge in [-0.2, -0.15) is 11.8 Å². The molecule has 0 saturated heterocycles. The molecule has 0 aliphatic rings. The van der Waals surface area contributed by atoms with Gasteiger partial charge in [0.15, 0.2) is 4.34 Å². The summed E-state index contributed by atoms with van der Waals surface area (Å²) in [5, 5.41) is 5.39. The molecule has 0 spiro atoms. The highest BCUT2D eigenvalue weighted by Gasteiger charge is 2.14. The lowest BCUT2D eigenvalue weighted by atomic mass is 10.2. The van der Waals surface area contributed by atoms with Gasteiger partial charge in [-0.25, -0.2) is 4.98 Å². The molecule has 9 heteroatoms. The van der Waals surface area contributed by atoms with Gasteiger partial charge in [-0.15, -0.1) is 23.7 Å². The summed E-state index contributed by atoms with van der Waals surface area (Å²) >= 11 is 11.1. The van der Waals surface area contributed by atoms with Crippen LogP contribution in [0.3, 0.4) is 0 Å². The second kappa shape index (κ2) is 10.5. The first-order valence-electron chi connectivity index (χ1n) is 6.94. The van der Waals surface area contributed by atoms with Crippen LogP contribution < -0.4 is 11.1 Å². The third kappa shape index (κ3) is 6.46. The summed E-state index contributed by atoms with van der Waals surface area (Å²) < 4.78 is 0.945. The summed E-state index contributed by atoms with van der Waals surface area (Å²) in [4.78, 5) is 17.3. The molecule has 24 heavy (non-hydrogen) atoms. The van der Waals surface area contributed by atoms with E-state index in [9.17, 15) is 4.79 Å². The minimum atomic E-state index is -0.506. The molecule has 0 aliphatic carbocycles. The molecule has 4 nitrogen and oxygen atoms in total. The Morgan fingerprint density at radius 2 is 2.25 bits per heavy atom. The Labute approximate surface area is 165 Å². The quantitative estimate of drug-likeness (QED) is 0.675. The number of thioether (sulfide) groups is 1. The van der Waals surface area contributed by atoms with Crippen molar-refractivity contribution in [2.45, 2.75) is 28.6 Å². The zero-order valence-corrected chi connectivity index (χ0v) is 17.3. The smallest absolute Gasteiger partial charge is 0.241 e. The Bertz CT molecular complexity index is 682. The number of anilines is 1. The molecule has 1 aromatic carbocycles. The van der Waals surface area contributed by atoms with E-state index in [1.165, 1.54) is 11.8 Å². The van der Waals surface area contributed by atoms with E-state index in [1.54, 1.807) is 29.2 Å². The maximum atomic E-state index is 12.0. The lowest BCUT2D eigenvalue weighted by molar-refractivity contribution is -0.117. The van der Waals surface area contributed by atoms with E-state index in [1.807, 2.05) is 30.7 Å². The number of carbonyl (C=O) groups excluding carboxylic acids is 1. The summed E-state index contributed by atoms with van der Waals surface area (Å²) in [6, 6.07) is 4.94. The third-order valence-electron chi connectivity index (χ3n) is 2.96. The van der Waals surface area contributed by atoms with Crippen molar-refractivity contribution in [3.05, 3.63) is 34.3 Å². The number of thiazole rings is 1. The Balaban J connectivity index is 0.00000288. The molecule has 0 bridgehead atoms. The first-order valence-corrected chi connectivity index (χ1v) is 10.4. The van der Waals surface area contributed by atoms with Gasteiger partial charge in [-0.05, 0) is 43.6 Å². The number of halogens is 2. The van der Waals surface area contributed by atoms with Crippen molar-refractivity contribution in [2.75, 3.05) is 17.3 Å². The number of aromatic nitrogens is 1. The predicted octanol–water partition coefficient (Wildman–Crippen LogP) is 4.70. The zero-order valence-electron chi connectivity index (χ0n) is 13.2. The number of hydrogen-bond acceptors (Lipinski definition) is 6. The highest BCUT2D eigenvalue weighted by Crippen LogP contribution is 2.36. The third-order valence-corrected chi connectivity index (χ3v) is 6.17. The number of nitrogens with one attached hydrogen (secondary N) is 1. The molecule has 1 amide bonds. The van der Waals surface area contributed by atoms with Crippen LogP contribution in [-0.2, 0) is 4.79 Å². The van der Waals surface area contributed by atoms with Crippen molar-refractivity contribution >= 4 is 70.5 Å². The lowest BCUT2D eigenvalue weighted by Gasteiger charge is -2.12. The van der Waals surface area contributed by atoms with Crippen LogP contribution in [0.1, 0.15) is 12.1 Å². The molecule has 0 unspecified atom stereocenters. The molecule has 2 aromatic rings. The van der Waals surface area contributed by atoms with E-state index < -0.39 is 6.04 Å². The van der Waals surface area contributed by atoms with Gasteiger partial charge in [0.2, 0.25) is 5.91 Å². The molecule has 0 fully saturated rings. The number of nitrogens with two attached hydrogens (primary N) is 1. The maximum absolute atomic E-state index is 12.0. The van der Waals surface area contributed by atoms with Crippen LogP contribution in [0, 0.1) is 6.92 Å². The Morgan fingerprint density at radius 3 is 2.83 bits per heavy atom. The summed E-state index contributed by atoms with van der Waals surface area (Å²) in [6.45, 7) is 1.96. The number of aryl methyl sites for hydroxylation is 1. The zero-order chi connectivity index (χ0) is 16.8. The maximum Gasteiger partial charge on any atom is 0.241 e. The average molecular weight is 424 g/mol. The summed E-state index contributed by atoms with van der Waals surface area (Å²) in [7, 11) is 0. The summed E-state index contributed by atoms with van der Waals surface area (Å²) in [6.07, 6.45) is 2.64. The molecule has 2 rings (SSSR count). The largest absolute Gasteiger partial charge is 0.325 e. The van der Waals surface area contributed by atoms with E-state index in [2.05, 4.69) is 10.3 Å². The highest BCUT2D eigenvalue weighted by atomic mass is 35.5. The molecule has 132 valence electrons. The van der Waals surface area contributed by atoms with Crippen LogP contribution in [0.15, 0.2) is 32.8 Å². The van der Waals surface area contributed by atoms with Gasteiger partial charge in [0.05, 0.1) is 11.1 Å². The fourth-order valence-corrected chi connectivity index (χ4v) is 4.33. The van der Waals surface area contributed by atoms with E-state index in [4.69, 9.17) is 17.3 Å². The molecule has 0 aliphatic heterocycles. The Kier molecular flexibility index (Phi) is 9.48. The van der Waals surface area contributed by atoms with Crippen molar-refractivity contribution in [2.24, 2.45) is 5.73 Å². The summed E-state index contributed by atoms with van der Waals surface area (Å²) in [5.74, 6) is 0.670. The van der Waals surface area contributed by atoms with Crippen LogP contribution in [-0.4, -0.2) is 28.9 Å². The van der Waals surface area contributed by atoms with Crippen LogP contribution in [0.2, 0.25) is 5.02 Å². The van der Waals surface area contributed by atoms with Gasteiger partial charge in [0.1, 0.15) is 0 Å². The standard InChI is InChI=1S/C15H18ClN3OS3.ClH/c1-9-8-22-15(18-9)23-13-4-3-10(7-11(13)16)19-14(20)12(17)5-6-21-2;/h3-4,7-8,12H,5-6,17H2,1-2H3,(H,19,20);1H/t12-;/m0./s1. The normalized spacial score (nSPS) is 11.7. The molecule has 1 heterocycles. The van der Waals surface area contributed by atoms with Gasteiger partial charge >= 0.3 is 0 Å². The van der Waals surface area contributed by atoms with E-state index in [0.717, 1.165) is 20.7 Å². The number of nitrogens with zero attached hydrogens (tertiary/aromatic N) is 1. The average Bonchev–Trinajstić information content (AvgIpc) is 2.92. The minimum Gasteiger partial charge on any atom is -0.325 e. The Hall–Kier alpha value is -0.440. The van der Waals surface area contributed by atoms with E-state index >= 15 is 0 Å². The van der Waals surface area contributed by atoms with Crippen LogP contribution in [0.25, 0.3) is 0 Å². The lowest BCUT2D eigenvalue weighted by Crippen LogP contribution is -2.36. The van der Waals surface area contributed by atoms with Gasteiger partial charge in [0, 0.05) is 21.7 Å². The van der Waals surface area contributed by atoms with E-state index in [-0.39, 0.29) is 18.3 Å². The first kappa shape index (κ1) is 21.6. The molecule has 0 radical (unpaired) electrons. The van der Waals surface area contributed by atoms with Crippen molar-refractivity contribution in [3.63, 3.8) is 0 Å². The van der Waals surface area contributed by atoms with E-state index in [0.29, 0.717) is 17.1 Å². The summed E-state index contributed by atoms with van der Waals surface area (Å²) in [5.41, 5.74) is 7.50. The van der Waals surface area contributed by atoms with Crippen LogP contribution in [0.4, 0.5) is 5.69 Å². The first-order chi connectivity index (χ1) is 11.0. The monoisotopic (exact) mass is 423 g/mol. The molecular formula is C15H19Cl2N3OS3. The number of rotatable bonds is 7. The molecule has 3 N–H and O–H groups in total. The second-order valence-electron chi connectivity index (χ2n) is 4.88. The van der Waals surface area contributed by atoms with Crippen LogP contribution in [0.5, 0.6) is 0 Å². The fourth-order valence-electron chi connectivity index (χ4n) is 1.75. The molecular weight excluding hydrogens is 405 g/mol. The molecule has 0 saturated carbocycles. The van der Waals surface area contributed by atoms with Crippen molar-refractivity contribution in [1.29, 1.82) is 0 Å². The number of benzene rings is 1. The predicted molar refractivity (Wildman–Crippen MR) is 109 cm³/mol. The van der Waals surface area contributed by atoms with Gasteiger partial charge < -0.3 is 11.1 Å². The Morgan fingerprint density at radius 1 is 1.50 bits per heavy atom. The van der Waals surface area contributed by atoms with Crippen molar-refractivity contribution in [3.8, 4) is 0 Å². The molecule has 1 aromatic heterocycles. The SMILES string of the molecule is CSCC[C@H](N)C(=O)Nc1ccc(Sc2nc(C)cs2)c(Cl)c1.Cl. The molecule has 1 atom stereocenters. The number of carbonyl (C=O) groups is 1. The van der Waals surface area contributed by atoms with Gasteiger partial charge in [-0.1, -0.05) is 23.4 Å². The van der Waals surface area contributed by atoms with Gasteiger partial charge in [0.25, 0.3) is 0 Å². The number of amides is 1.